The van der Waals surface area contributed by atoms with Crippen LogP contribution < -0.4 is 0 Å². The Morgan fingerprint density at radius 2 is 1.44 bits per heavy atom. The van der Waals surface area contributed by atoms with Crippen LogP contribution in [0.3, 0.4) is 0 Å². The first-order valence-corrected chi connectivity index (χ1v) is 13.0. The Kier molecular flexibility index (Phi) is 10.4. The van der Waals surface area contributed by atoms with Gasteiger partial charge < -0.3 is 10.2 Å². The predicted molar refractivity (Wildman–Crippen MR) is 139 cm³/mol. The number of hydrogen-bond donors (Lipinski definition) is 2. The van der Waals surface area contributed by atoms with Crippen LogP contribution in [0.2, 0.25) is 0 Å². The number of fused-ring (bicyclic) bond motifs is 1. The van der Waals surface area contributed by atoms with Crippen LogP contribution in [0.1, 0.15) is 81.8 Å². The summed E-state index contributed by atoms with van der Waals surface area (Å²) in [5.74, 6) is 0.230. The summed E-state index contributed by atoms with van der Waals surface area (Å²) in [5.41, 5.74) is 6.53. The second kappa shape index (κ2) is 13.0. The van der Waals surface area contributed by atoms with E-state index in [0.717, 1.165) is 38.5 Å². The molecular formula is C31H40MoO2. The Morgan fingerprint density at radius 3 is 2.09 bits per heavy atom. The summed E-state index contributed by atoms with van der Waals surface area (Å²) in [4.78, 5) is 0. The summed E-state index contributed by atoms with van der Waals surface area (Å²) < 4.78 is 0. The van der Waals surface area contributed by atoms with Crippen molar-refractivity contribution in [3.63, 3.8) is 0 Å². The molecule has 0 spiro atoms. The molecule has 2 aliphatic rings. The van der Waals surface area contributed by atoms with Crippen LogP contribution in [0, 0.1) is 11.3 Å². The first kappa shape index (κ1) is 27.1. The minimum atomic E-state index is -0.256. The van der Waals surface area contributed by atoms with E-state index in [1.807, 2.05) is 0 Å². The van der Waals surface area contributed by atoms with Crippen LogP contribution >= 0.6 is 0 Å². The maximum absolute atomic E-state index is 11.1. The molecule has 2 nitrogen and oxygen atoms in total. The number of aliphatic hydroxyl groups is 2. The Labute approximate surface area is 220 Å². The molecule has 3 atom stereocenters. The van der Waals surface area contributed by atoms with Crippen molar-refractivity contribution in [2.75, 3.05) is 6.61 Å². The third kappa shape index (κ3) is 5.67. The van der Waals surface area contributed by atoms with Crippen molar-refractivity contribution in [2.24, 2.45) is 11.3 Å². The van der Waals surface area contributed by atoms with Gasteiger partial charge in [-0.1, -0.05) is 105 Å². The monoisotopic (exact) mass is 542 g/mol. The fourth-order valence-corrected chi connectivity index (χ4v) is 6.44. The summed E-state index contributed by atoms with van der Waals surface area (Å²) in [6.07, 6.45) is 12.0. The van der Waals surface area contributed by atoms with Crippen molar-refractivity contribution in [3.05, 3.63) is 83.9 Å². The van der Waals surface area contributed by atoms with Gasteiger partial charge in [0.25, 0.3) is 0 Å². The average molecular weight is 541 g/mol. The van der Waals surface area contributed by atoms with E-state index in [0.29, 0.717) is 6.61 Å². The standard InChI is InChI=1S/C31H40O2.Mo/c1-24(25-15-10-7-11-16-25)31-21-20-29(33)28(31)23-27(30(31)26-17-12-8-13-18-26)19-9-5-3-2-4-6-14-22-32;/h7-8,10-13,15-18,28-29,32-33H,1-6,9,14,19-23H2;. The van der Waals surface area contributed by atoms with Gasteiger partial charge in [0.15, 0.2) is 0 Å². The molecule has 0 aromatic heterocycles. The second-order valence-corrected chi connectivity index (χ2v) is 10.0. The van der Waals surface area contributed by atoms with Gasteiger partial charge in [-0.25, -0.2) is 0 Å². The van der Waals surface area contributed by atoms with Gasteiger partial charge in [0, 0.05) is 39.0 Å². The zero-order valence-electron chi connectivity index (χ0n) is 20.4. The predicted octanol–water partition coefficient (Wildman–Crippen LogP) is 7.43. The van der Waals surface area contributed by atoms with Gasteiger partial charge in [-0.2, -0.15) is 0 Å². The third-order valence-corrected chi connectivity index (χ3v) is 8.06. The molecule has 2 N–H and O–H groups in total. The van der Waals surface area contributed by atoms with Crippen LogP contribution in [0.15, 0.2) is 72.8 Å². The fourth-order valence-electron chi connectivity index (χ4n) is 6.44. The van der Waals surface area contributed by atoms with Gasteiger partial charge in [0.2, 0.25) is 0 Å². The molecular weight excluding hydrogens is 500 g/mol. The molecule has 0 bridgehead atoms. The molecule has 3 unspecified atom stereocenters. The summed E-state index contributed by atoms with van der Waals surface area (Å²) >= 11 is 0. The van der Waals surface area contributed by atoms with Crippen molar-refractivity contribution < 1.29 is 31.3 Å². The van der Waals surface area contributed by atoms with Gasteiger partial charge in [0.1, 0.15) is 0 Å². The van der Waals surface area contributed by atoms with Crippen molar-refractivity contribution >= 4 is 11.1 Å². The molecule has 0 saturated heterocycles. The van der Waals surface area contributed by atoms with Crippen molar-refractivity contribution in [1.29, 1.82) is 0 Å². The van der Waals surface area contributed by atoms with E-state index in [2.05, 4.69) is 67.2 Å². The molecule has 0 radical (unpaired) electrons. The normalized spacial score (nSPS) is 23.6. The van der Waals surface area contributed by atoms with Crippen molar-refractivity contribution in [2.45, 2.75) is 76.7 Å². The van der Waals surface area contributed by atoms with Crippen molar-refractivity contribution in [3.8, 4) is 0 Å². The summed E-state index contributed by atoms with van der Waals surface area (Å²) in [6.45, 7) is 4.99. The smallest absolute Gasteiger partial charge is 0.0583 e. The molecule has 3 heteroatoms. The molecule has 2 aromatic rings. The first-order valence-electron chi connectivity index (χ1n) is 13.0. The van der Waals surface area contributed by atoms with E-state index >= 15 is 0 Å². The number of aliphatic hydroxyl groups excluding tert-OH is 2. The van der Waals surface area contributed by atoms with Gasteiger partial charge in [-0.05, 0) is 60.8 Å². The molecule has 4 rings (SSSR count). The van der Waals surface area contributed by atoms with Crippen LogP contribution in [0.4, 0.5) is 0 Å². The van der Waals surface area contributed by atoms with Crippen LogP contribution in [-0.2, 0) is 21.1 Å². The summed E-state index contributed by atoms with van der Waals surface area (Å²) in [6, 6.07) is 21.5. The van der Waals surface area contributed by atoms with Crippen LogP contribution in [-0.4, -0.2) is 22.9 Å². The largest absolute Gasteiger partial charge is 0.396 e. The van der Waals surface area contributed by atoms with Gasteiger partial charge in [-0.15, -0.1) is 0 Å². The second-order valence-electron chi connectivity index (χ2n) is 10.0. The topological polar surface area (TPSA) is 40.5 Å². The third-order valence-electron chi connectivity index (χ3n) is 8.06. The zero-order valence-corrected chi connectivity index (χ0v) is 22.4. The molecule has 0 amide bonds. The average Bonchev–Trinajstić information content (AvgIpc) is 3.36. The molecule has 182 valence electrons. The maximum atomic E-state index is 11.1. The number of hydrogen-bond acceptors (Lipinski definition) is 2. The Hall–Kier alpha value is -1.47. The Balaban J connectivity index is 0.00000324. The van der Waals surface area contributed by atoms with Crippen LogP contribution in [0.25, 0.3) is 11.1 Å². The molecule has 2 aromatic carbocycles. The molecule has 34 heavy (non-hydrogen) atoms. The van der Waals surface area contributed by atoms with E-state index in [1.54, 1.807) is 5.57 Å². The SMILES string of the molecule is C=C(c1ccccc1)C12CCC(O)C1CC(CCCCCCCCCO)=C2c1ccccc1.[Mo]. The number of benzene rings is 2. The minimum Gasteiger partial charge on any atom is -0.396 e. The molecule has 2 aliphatic carbocycles. The van der Waals surface area contributed by atoms with E-state index in [-0.39, 0.29) is 38.5 Å². The van der Waals surface area contributed by atoms with E-state index in [1.165, 1.54) is 54.4 Å². The Bertz CT molecular complexity index is 936. The van der Waals surface area contributed by atoms with E-state index in [9.17, 15) is 5.11 Å². The van der Waals surface area contributed by atoms with Gasteiger partial charge >= 0.3 is 0 Å². The van der Waals surface area contributed by atoms with Crippen LogP contribution in [0.5, 0.6) is 0 Å². The maximum Gasteiger partial charge on any atom is 0.0583 e. The number of allylic oxidation sites excluding steroid dienone is 3. The van der Waals surface area contributed by atoms with E-state index < -0.39 is 0 Å². The van der Waals surface area contributed by atoms with E-state index in [4.69, 9.17) is 5.11 Å². The first-order chi connectivity index (χ1) is 16.2. The quantitative estimate of drug-likeness (QED) is 0.217. The summed E-state index contributed by atoms with van der Waals surface area (Å²) in [5, 5.41) is 20.0. The van der Waals surface area contributed by atoms with Gasteiger partial charge in [-0.3, -0.25) is 0 Å². The molecule has 1 saturated carbocycles. The fraction of sp³-hybridized carbons (Fsp3) is 0.484. The zero-order chi connectivity index (χ0) is 23.1. The Morgan fingerprint density at radius 1 is 0.853 bits per heavy atom. The van der Waals surface area contributed by atoms with Gasteiger partial charge in [0.05, 0.1) is 6.10 Å². The molecule has 1 fully saturated rings. The van der Waals surface area contributed by atoms with Crippen molar-refractivity contribution in [1.82, 2.24) is 0 Å². The molecule has 0 aliphatic heterocycles. The molecule has 0 heterocycles. The number of rotatable bonds is 12. The minimum absolute atomic E-state index is 0. The summed E-state index contributed by atoms with van der Waals surface area (Å²) in [7, 11) is 0. The number of unbranched alkanes of at least 4 members (excludes halogenated alkanes) is 6.